The van der Waals surface area contributed by atoms with Gasteiger partial charge >= 0.3 is 0 Å². The molecule has 2 aliphatic rings. The lowest BCUT2D eigenvalue weighted by Crippen LogP contribution is -2.50. The van der Waals surface area contributed by atoms with E-state index in [9.17, 15) is 17.6 Å². The van der Waals surface area contributed by atoms with Crippen molar-refractivity contribution in [3.63, 3.8) is 0 Å². The van der Waals surface area contributed by atoms with Crippen molar-refractivity contribution in [3.8, 4) is 11.4 Å². The molecule has 2 heterocycles. The van der Waals surface area contributed by atoms with Gasteiger partial charge in [0.2, 0.25) is 10.0 Å². The summed E-state index contributed by atoms with van der Waals surface area (Å²) in [4.78, 5) is 20.2. The smallest absolute Gasteiger partial charge is 0.298 e. The van der Waals surface area contributed by atoms with Crippen molar-refractivity contribution < 1.29 is 17.5 Å². The van der Waals surface area contributed by atoms with Crippen molar-refractivity contribution in [1.29, 1.82) is 0 Å². The summed E-state index contributed by atoms with van der Waals surface area (Å²) in [5, 5.41) is 3.58. The zero-order valence-electron chi connectivity index (χ0n) is 22.2. The van der Waals surface area contributed by atoms with Crippen LogP contribution in [0.1, 0.15) is 30.0 Å². The number of methoxy groups -OCH3 is 1. The summed E-state index contributed by atoms with van der Waals surface area (Å²) < 4.78 is 45.4. The lowest BCUT2D eigenvalue weighted by Gasteiger charge is -2.33. The minimum atomic E-state index is -3.28. The third-order valence-corrected chi connectivity index (χ3v) is 8.70. The molecule has 0 amide bonds. The first kappa shape index (κ1) is 27.3. The third-order valence-electron chi connectivity index (χ3n) is 7.40. The number of benzene rings is 2. The molecule has 2 atom stereocenters. The van der Waals surface area contributed by atoms with Crippen molar-refractivity contribution >= 4 is 15.8 Å². The highest BCUT2D eigenvalue weighted by Gasteiger charge is 2.37. The number of aryl methyl sites for hydroxylation is 1. The molecule has 3 aromatic rings. The number of sulfonamides is 1. The van der Waals surface area contributed by atoms with E-state index in [2.05, 4.69) is 5.32 Å². The lowest BCUT2D eigenvalue weighted by molar-refractivity contribution is 0.386. The first-order valence-electron chi connectivity index (χ1n) is 13.2. The standard InChI is InChI=1S/C28H34FN5O4S/c1-38-24-11-9-23(10-12-24)34-19-22(4-3-13-30-26-18-25(26)20-5-7-21(29)8-6-20)31-27(28(34)35)32-14-16-33(17-15-32)39(2,36)37/h5-12,19,25-26,30H,3-4,13-18H2,1-2H3/t25-,26+/m0/s1. The summed E-state index contributed by atoms with van der Waals surface area (Å²) in [6, 6.07) is 14.4. The number of hydrogen-bond acceptors (Lipinski definition) is 7. The first-order chi connectivity index (χ1) is 18.7. The second-order valence-corrected chi connectivity index (χ2v) is 12.1. The minimum absolute atomic E-state index is 0.218. The van der Waals surface area contributed by atoms with Gasteiger partial charge in [0.25, 0.3) is 5.56 Å². The van der Waals surface area contributed by atoms with Gasteiger partial charge in [-0.1, -0.05) is 12.1 Å². The summed E-state index contributed by atoms with van der Waals surface area (Å²) >= 11 is 0. The highest BCUT2D eigenvalue weighted by molar-refractivity contribution is 7.88. The van der Waals surface area contributed by atoms with E-state index in [0.29, 0.717) is 61.8 Å². The van der Waals surface area contributed by atoms with Crippen LogP contribution in [0.2, 0.25) is 0 Å². The molecular formula is C28H34FN5O4S. The second kappa shape index (κ2) is 11.4. The Morgan fingerprint density at radius 3 is 2.38 bits per heavy atom. The van der Waals surface area contributed by atoms with Crippen LogP contribution < -0.4 is 20.5 Å². The molecular weight excluding hydrogens is 521 g/mol. The number of anilines is 1. The molecule has 39 heavy (non-hydrogen) atoms. The third kappa shape index (κ3) is 6.48. The van der Waals surface area contributed by atoms with Crippen LogP contribution >= 0.6 is 0 Å². The molecule has 2 fully saturated rings. The SMILES string of the molecule is COc1ccc(-n2cc(CCCN[C@@H]3C[C@H]3c3ccc(F)cc3)nc(N3CCN(S(C)(=O)=O)CC3)c2=O)cc1. The maximum atomic E-state index is 13.5. The van der Waals surface area contributed by atoms with Crippen LogP contribution in [0.5, 0.6) is 5.75 Å². The number of ether oxygens (including phenoxy) is 1. The predicted octanol–water partition coefficient (Wildman–Crippen LogP) is 2.54. The summed E-state index contributed by atoms with van der Waals surface area (Å²) in [5.74, 6) is 1.23. The average molecular weight is 556 g/mol. The minimum Gasteiger partial charge on any atom is -0.497 e. The van der Waals surface area contributed by atoms with E-state index in [1.807, 2.05) is 41.3 Å². The number of piperazine rings is 1. The van der Waals surface area contributed by atoms with Crippen LogP contribution in [0, 0.1) is 5.82 Å². The molecule has 1 aliphatic carbocycles. The van der Waals surface area contributed by atoms with Gasteiger partial charge in [0.1, 0.15) is 11.6 Å². The van der Waals surface area contributed by atoms with E-state index >= 15 is 0 Å². The van der Waals surface area contributed by atoms with Gasteiger partial charge in [0.05, 0.1) is 19.1 Å². The molecule has 1 saturated carbocycles. The summed E-state index contributed by atoms with van der Waals surface area (Å²) in [7, 11) is -1.69. The van der Waals surface area contributed by atoms with Crippen LogP contribution in [0.15, 0.2) is 59.5 Å². The van der Waals surface area contributed by atoms with Crippen LogP contribution in [0.4, 0.5) is 10.2 Å². The Hall–Kier alpha value is -3.28. The number of rotatable bonds is 10. The number of aromatic nitrogens is 2. The molecule has 9 nitrogen and oxygen atoms in total. The molecule has 0 bridgehead atoms. The van der Waals surface area contributed by atoms with E-state index in [1.54, 1.807) is 17.9 Å². The molecule has 1 saturated heterocycles. The normalized spacial score (nSPS) is 19.7. The summed E-state index contributed by atoms with van der Waals surface area (Å²) in [5.41, 5.74) is 2.41. The average Bonchev–Trinajstić information content (AvgIpc) is 3.71. The van der Waals surface area contributed by atoms with Crippen LogP contribution in [0.3, 0.4) is 0 Å². The fourth-order valence-corrected chi connectivity index (χ4v) is 5.90. The van der Waals surface area contributed by atoms with E-state index in [4.69, 9.17) is 9.72 Å². The number of halogens is 1. The lowest BCUT2D eigenvalue weighted by atomic mass is 10.1. The molecule has 0 radical (unpaired) electrons. The van der Waals surface area contributed by atoms with Gasteiger partial charge in [-0.25, -0.2) is 17.8 Å². The number of nitrogens with one attached hydrogen (secondary N) is 1. The van der Waals surface area contributed by atoms with Crippen molar-refractivity contribution in [2.24, 2.45) is 0 Å². The van der Waals surface area contributed by atoms with E-state index in [0.717, 1.165) is 30.6 Å². The van der Waals surface area contributed by atoms with Crippen LogP contribution in [0.25, 0.3) is 5.69 Å². The fraction of sp³-hybridized carbons (Fsp3) is 0.429. The molecule has 1 aliphatic heterocycles. The molecule has 2 aromatic carbocycles. The van der Waals surface area contributed by atoms with Crippen molar-refractivity contribution in [1.82, 2.24) is 19.2 Å². The van der Waals surface area contributed by atoms with E-state index in [1.165, 1.54) is 22.7 Å². The highest BCUT2D eigenvalue weighted by atomic mass is 32.2. The van der Waals surface area contributed by atoms with Gasteiger partial charge in [0, 0.05) is 50.0 Å². The van der Waals surface area contributed by atoms with E-state index < -0.39 is 10.0 Å². The second-order valence-electron chi connectivity index (χ2n) is 10.1. The van der Waals surface area contributed by atoms with Gasteiger partial charge in [-0.2, -0.15) is 4.31 Å². The molecule has 0 unspecified atom stereocenters. The summed E-state index contributed by atoms with van der Waals surface area (Å²) in [6.07, 6.45) is 5.54. The zero-order chi connectivity index (χ0) is 27.6. The predicted molar refractivity (Wildman–Crippen MR) is 149 cm³/mol. The molecule has 5 rings (SSSR count). The Morgan fingerprint density at radius 1 is 1.05 bits per heavy atom. The van der Waals surface area contributed by atoms with Gasteiger partial charge in [-0.3, -0.25) is 9.36 Å². The zero-order valence-corrected chi connectivity index (χ0v) is 23.0. The maximum Gasteiger partial charge on any atom is 0.298 e. The van der Waals surface area contributed by atoms with Crippen molar-refractivity contribution in [2.75, 3.05) is 51.0 Å². The van der Waals surface area contributed by atoms with E-state index in [-0.39, 0.29) is 11.4 Å². The summed E-state index contributed by atoms with van der Waals surface area (Å²) in [6.45, 7) is 2.22. The highest BCUT2D eigenvalue weighted by Crippen LogP contribution is 2.40. The first-order valence-corrected chi connectivity index (χ1v) is 15.0. The Kier molecular flexibility index (Phi) is 8.01. The Morgan fingerprint density at radius 2 is 1.74 bits per heavy atom. The quantitative estimate of drug-likeness (QED) is 0.384. The molecule has 1 N–H and O–H groups in total. The molecule has 11 heteroatoms. The number of hydrogen-bond donors (Lipinski definition) is 1. The molecule has 1 aromatic heterocycles. The van der Waals surface area contributed by atoms with Crippen molar-refractivity contribution in [3.05, 3.63) is 82.2 Å². The van der Waals surface area contributed by atoms with Gasteiger partial charge in [0.15, 0.2) is 5.82 Å². The van der Waals surface area contributed by atoms with Crippen molar-refractivity contribution in [2.45, 2.75) is 31.2 Å². The maximum absolute atomic E-state index is 13.5. The van der Waals surface area contributed by atoms with Gasteiger partial charge in [-0.05, 0) is 67.8 Å². The monoisotopic (exact) mass is 555 g/mol. The Bertz CT molecular complexity index is 1450. The Balaban J connectivity index is 1.29. The number of nitrogens with zero attached hydrogens (tertiary/aromatic N) is 4. The van der Waals surface area contributed by atoms with Gasteiger partial charge in [-0.15, -0.1) is 0 Å². The van der Waals surface area contributed by atoms with Crippen LogP contribution in [-0.4, -0.2) is 74.4 Å². The fourth-order valence-electron chi connectivity index (χ4n) is 5.08. The molecule has 208 valence electrons. The van der Waals surface area contributed by atoms with Gasteiger partial charge < -0.3 is 15.0 Å². The molecule has 0 spiro atoms. The topological polar surface area (TPSA) is 96.8 Å². The van der Waals surface area contributed by atoms with Crippen LogP contribution in [-0.2, 0) is 16.4 Å². The Labute approximate surface area is 228 Å². The largest absolute Gasteiger partial charge is 0.497 e.